The maximum atomic E-state index is 11.1. The number of sulfone groups is 1. The van der Waals surface area contributed by atoms with E-state index in [0.717, 1.165) is 11.9 Å². The molecule has 0 radical (unpaired) electrons. The van der Waals surface area contributed by atoms with Crippen LogP contribution < -0.4 is 0 Å². The Kier molecular flexibility index (Phi) is 2.23. The summed E-state index contributed by atoms with van der Waals surface area (Å²) in [6.07, 6.45) is 1.14. The molecule has 2 aromatic heterocycles. The molecule has 0 atom stereocenters. The van der Waals surface area contributed by atoms with Crippen LogP contribution in [0.15, 0.2) is 0 Å². The average Bonchev–Trinajstić information content (AvgIpc) is 2.56. The van der Waals surface area contributed by atoms with Gasteiger partial charge < -0.3 is 0 Å². The van der Waals surface area contributed by atoms with Crippen molar-refractivity contribution in [3.05, 3.63) is 16.5 Å². The number of halogens is 1. The summed E-state index contributed by atoms with van der Waals surface area (Å²) >= 11 is 5.92. The van der Waals surface area contributed by atoms with Crippen molar-refractivity contribution in [2.45, 2.75) is 12.7 Å². The summed E-state index contributed by atoms with van der Waals surface area (Å²) in [6.45, 7) is 1.78. The molecular weight excluding hydrogens is 240 g/mol. The van der Waals surface area contributed by atoms with Crippen LogP contribution in [0.25, 0.3) is 5.65 Å². The number of nitrogens with zero attached hydrogens (tertiary/aromatic N) is 3. The first-order chi connectivity index (χ1) is 6.88. The predicted molar refractivity (Wildman–Crippen MR) is 55.6 cm³/mol. The summed E-state index contributed by atoms with van der Waals surface area (Å²) in [6, 6.07) is 0. The van der Waals surface area contributed by atoms with Gasteiger partial charge >= 0.3 is 0 Å². The smallest absolute Gasteiger partial charge is 0.196 e. The van der Waals surface area contributed by atoms with E-state index in [4.69, 9.17) is 11.6 Å². The molecule has 0 saturated heterocycles. The summed E-state index contributed by atoms with van der Waals surface area (Å²) in [7, 11) is -3.13. The zero-order chi connectivity index (χ0) is 11.2. The zero-order valence-electron chi connectivity index (χ0n) is 8.15. The Labute approximate surface area is 91.2 Å². The van der Waals surface area contributed by atoms with Gasteiger partial charge in [0, 0.05) is 6.26 Å². The van der Waals surface area contributed by atoms with Crippen LogP contribution in [0, 0.1) is 6.92 Å². The third-order valence-electron chi connectivity index (χ3n) is 1.93. The van der Waals surface area contributed by atoms with Crippen molar-refractivity contribution in [2.75, 3.05) is 6.26 Å². The van der Waals surface area contributed by atoms with Gasteiger partial charge in [-0.1, -0.05) is 11.6 Å². The Morgan fingerprint density at radius 3 is 2.73 bits per heavy atom. The molecule has 0 aromatic carbocycles. The van der Waals surface area contributed by atoms with Crippen LogP contribution in [0.1, 0.15) is 11.5 Å². The second kappa shape index (κ2) is 3.21. The molecule has 2 aromatic rings. The van der Waals surface area contributed by atoms with Crippen LogP contribution in [0.5, 0.6) is 0 Å². The zero-order valence-corrected chi connectivity index (χ0v) is 9.72. The molecule has 0 unspecified atom stereocenters. The van der Waals surface area contributed by atoms with Crippen LogP contribution in [0.4, 0.5) is 0 Å². The molecule has 0 aliphatic rings. The fraction of sp³-hybridized carbons (Fsp3) is 0.429. The van der Waals surface area contributed by atoms with Gasteiger partial charge in [0.2, 0.25) is 0 Å². The Hall–Kier alpha value is -1.08. The van der Waals surface area contributed by atoms with Gasteiger partial charge in [-0.25, -0.2) is 12.9 Å². The van der Waals surface area contributed by atoms with Crippen molar-refractivity contribution in [1.82, 2.24) is 19.8 Å². The molecule has 0 fully saturated rings. The van der Waals surface area contributed by atoms with Gasteiger partial charge in [0.05, 0.1) is 5.69 Å². The van der Waals surface area contributed by atoms with E-state index in [1.807, 2.05) is 0 Å². The fourth-order valence-corrected chi connectivity index (χ4v) is 2.11. The van der Waals surface area contributed by atoms with Crippen LogP contribution in [-0.4, -0.2) is 34.5 Å². The lowest BCUT2D eigenvalue weighted by Gasteiger charge is -1.94. The number of fused-ring (bicyclic) bond motifs is 1. The molecule has 1 N–H and O–H groups in total. The van der Waals surface area contributed by atoms with Gasteiger partial charge in [-0.15, -0.1) is 10.2 Å². The van der Waals surface area contributed by atoms with Gasteiger partial charge in [0.1, 0.15) is 10.8 Å². The van der Waals surface area contributed by atoms with E-state index in [2.05, 4.69) is 15.3 Å². The lowest BCUT2D eigenvalue weighted by molar-refractivity contribution is 0.598. The van der Waals surface area contributed by atoms with Gasteiger partial charge in [-0.05, 0) is 6.92 Å². The van der Waals surface area contributed by atoms with Gasteiger partial charge in [0.15, 0.2) is 21.3 Å². The second-order valence-electron chi connectivity index (χ2n) is 3.40. The van der Waals surface area contributed by atoms with E-state index in [1.54, 1.807) is 6.92 Å². The highest BCUT2D eigenvalue weighted by Crippen LogP contribution is 2.20. The number of aromatic amines is 1. The van der Waals surface area contributed by atoms with Gasteiger partial charge in [0.25, 0.3) is 0 Å². The first-order valence-electron chi connectivity index (χ1n) is 4.14. The normalized spacial score (nSPS) is 12.5. The van der Waals surface area contributed by atoms with Crippen LogP contribution in [-0.2, 0) is 15.6 Å². The molecule has 0 saturated carbocycles. The highest BCUT2D eigenvalue weighted by Gasteiger charge is 2.16. The molecule has 15 heavy (non-hydrogen) atoms. The second-order valence-corrected chi connectivity index (χ2v) is 5.91. The number of hydrogen-bond donors (Lipinski definition) is 1. The largest absolute Gasteiger partial charge is 0.294 e. The topological polar surface area (TPSA) is 80.1 Å². The first kappa shape index (κ1) is 10.4. The van der Waals surface area contributed by atoms with Crippen molar-refractivity contribution < 1.29 is 8.42 Å². The molecule has 2 heterocycles. The maximum Gasteiger partial charge on any atom is 0.196 e. The van der Waals surface area contributed by atoms with Crippen LogP contribution in [0.2, 0.25) is 5.02 Å². The molecule has 0 amide bonds. The molecule has 0 bridgehead atoms. The number of hydrogen-bond acceptors (Lipinski definition) is 4. The summed E-state index contributed by atoms with van der Waals surface area (Å²) < 4.78 is 23.7. The van der Waals surface area contributed by atoms with E-state index in [0.29, 0.717) is 16.5 Å². The minimum atomic E-state index is -3.13. The van der Waals surface area contributed by atoms with Crippen molar-refractivity contribution in [1.29, 1.82) is 0 Å². The molecule has 8 heteroatoms. The van der Waals surface area contributed by atoms with E-state index < -0.39 is 9.84 Å². The standard InChI is InChI=1S/C7H9ClN4O2S/c1-4-6(8)7-10-9-5(12(7)11-4)3-15(2,13)14/h11H,3H2,1-2H3. The van der Waals surface area contributed by atoms with Crippen molar-refractivity contribution in [3.63, 3.8) is 0 Å². The first-order valence-corrected chi connectivity index (χ1v) is 6.58. The van der Waals surface area contributed by atoms with E-state index >= 15 is 0 Å². The predicted octanol–water partition coefficient (Wildman–Crippen LogP) is 0.564. The third-order valence-corrected chi connectivity index (χ3v) is 3.16. The minimum absolute atomic E-state index is 0.162. The molecular formula is C7H9ClN4O2S. The minimum Gasteiger partial charge on any atom is -0.294 e. The molecule has 2 rings (SSSR count). The third kappa shape index (κ3) is 1.84. The Bertz CT molecular complexity index is 612. The van der Waals surface area contributed by atoms with E-state index in [1.165, 1.54) is 4.52 Å². The lowest BCUT2D eigenvalue weighted by atomic mass is 10.5. The molecule has 6 nitrogen and oxygen atoms in total. The lowest BCUT2D eigenvalue weighted by Crippen LogP contribution is -2.05. The highest BCUT2D eigenvalue weighted by atomic mass is 35.5. The SMILES string of the molecule is Cc1[nH]n2c(CS(C)(=O)=O)nnc2c1Cl. The van der Waals surface area contributed by atoms with Crippen LogP contribution in [0.3, 0.4) is 0 Å². The number of aryl methyl sites for hydroxylation is 1. The van der Waals surface area contributed by atoms with E-state index in [-0.39, 0.29) is 5.75 Å². The Morgan fingerprint density at radius 1 is 1.47 bits per heavy atom. The quantitative estimate of drug-likeness (QED) is 0.842. The summed E-state index contributed by atoms with van der Waals surface area (Å²) in [4.78, 5) is 0. The van der Waals surface area contributed by atoms with Crippen molar-refractivity contribution in [3.8, 4) is 0 Å². The number of aromatic nitrogens is 4. The van der Waals surface area contributed by atoms with Crippen molar-refractivity contribution >= 4 is 27.1 Å². The number of H-pyrrole nitrogens is 1. The Morgan fingerprint density at radius 2 is 2.13 bits per heavy atom. The summed E-state index contributed by atoms with van der Waals surface area (Å²) in [5.74, 6) is 0.173. The highest BCUT2D eigenvalue weighted by molar-refractivity contribution is 7.89. The maximum absolute atomic E-state index is 11.1. The van der Waals surface area contributed by atoms with E-state index in [9.17, 15) is 8.42 Å². The fourth-order valence-electron chi connectivity index (χ4n) is 1.29. The monoisotopic (exact) mass is 248 g/mol. The van der Waals surface area contributed by atoms with Crippen LogP contribution >= 0.6 is 11.6 Å². The van der Waals surface area contributed by atoms with Gasteiger partial charge in [-0.3, -0.25) is 5.10 Å². The molecule has 0 spiro atoms. The summed E-state index contributed by atoms with van der Waals surface area (Å²) in [5, 5.41) is 10.9. The number of nitrogens with one attached hydrogen (secondary N) is 1. The molecule has 82 valence electrons. The molecule has 0 aliphatic heterocycles. The Balaban J connectivity index is 2.59. The van der Waals surface area contributed by atoms with Crippen molar-refractivity contribution in [2.24, 2.45) is 0 Å². The van der Waals surface area contributed by atoms with Gasteiger partial charge in [-0.2, -0.15) is 0 Å². The number of rotatable bonds is 2. The molecule has 0 aliphatic carbocycles. The summed E-state index contributed by atoms with van der Waals surface area (Å²) in [5.41, 5.74) is 1.18. The average molecular weight is 249 g/mol.